The Morgan fingerprint density at radius 3 is 1.78 bits per heavy atom. The maximum atomic E-state index is 4.59. The quantitative estimate of drug-likeness (QED) is 0.175. The van der Waals surface area contributed by atoms with Crippen molar-refractivity contribution in [1.29, 1.82) is 0 Å². The van der Waals surface area contributed by atoms with E-state index in [0.717, 1.165) is 11.3 Å². The minimum atomic E-state index is -0.196. The molecule has 276 valence electrons. The SMILES string of the molecule is C=C1c2ccccc2-c2cc3c4cc(-c5ccc6c(c5)C(C)(C)c5cccc7c5N6c5ccccc5C7(C)C)ccc4n(-c4ccc(-c5ccccc5)cc4)c3cc21. The number of benzene rings is 8. The van der Waals surface area contributed by atoms with E-state index in [1.54, 1.807) is 0 Å². The molecular formula is C56H42N2. The Morgan fingerprint density at radius 1 is 0.397 bits per heavy atom. The van der Waals surface area contributed by atoms with Crippen LogP contribution in [0.2, 0.25) is 0 Å². The summed E-state index contributed by atoms with van der Waals surface area (Å²) in [4.78, 5) is 2.54. The van der Waals surface area contributed by atoms with Gasteiger partial charge < -0.3 is 9.47 Å². The van der Waals surface area contributed by atoms with Crippen molar-refractivity contribution in [3.63, 3.8) is 0 Å². The van der Waals surface area contributed by atoms with Gasteiger partial charge in [0.15, 0.2) is 0 Å². The highest BCUT2D eigenvalue weighted by Crippen LogP contribution is 2.60. The molecule has 0 amide bonds. The maximum absolute atomic E-state index is 4.59. The minimum absolute atomic E-state index is 0.0973. The van der Waals surface area contributed by atoms with E-state index < -0.39 is 0 Å². The van der Waals surface area contributed by atoms with E-state index in [-0.39, 0.29) is 10.8 Å². The summed E-state index contributed by atoms with van der Waals surface area (Å²) in [5, 5.41) is 2.50. The van der Waals surface area contributed by atoms with Gasteiger partial charge in [0.05, 0.1) is 28.1 Å². The molecule has 12 rings (SSSR count). The molecule has 58 heavy (non-hydrogen) atoms. The summed E-state index contributed by atoms with van der Waals surface area (Å²) in [7, 11) is 0. The first-order chi connectivity index (χ1) is 28.2. The summed E-state index contributed by atoms with van der Waals surface area (Å²) < 4.78 is 2.44. The standard InChI is InChI=1S/C56H42N2/c1-34-40-16-9-10-17-41(40)43-32-45-44-30-37(24-28-50(44)57(53(45)33-42(34)43)39-26-22-36(23-27-39)35-14-7-6-8-15-35)38-25-29-52-49(31-38)56(4,5)48-20-13-19-47-54(48)58(52)51-21-12-11-18-46(51)55(47,2)3/h6-33H,1H2,2-5H3. The van der Waals surface area contributed by atoms with Crippen molar-refractivity contribution in [1.82, 2.24) is 4.57 Å². The van der Waals surface area contributed by atoms with Gasteiger partial charge in [0.25, 0.3) is 0 Å². The third-order valence-electron chi connectivity index (χ3n) is 13.7. The first-order valence-electron chi connectivity index (χ1n) is 20.5. The second-order valence-corrected chi connectivity index (χ2v) is 17.5. The van der Waals surface area contributed by atoms with Crippen molar-refractivity contribution >= 4 is 44.4 Å². The van der Waals surface area contributed by atoms with E-state index in [9.17, 15) is 0 Å². The summed E-state index contributed by atoms with van der Waals surface area (Å²) in [6, 6.07) is 63.3. The Kier molecular flexibility index (Phi) is 6.64. The molecule has 0 unspecified atom stereocenters. The minimum Gasteiger partial charge on any atom is -0.309 e. The van der Waals surface area contributed by atoms with Gasteiger partial charge in [0.1, 0.15) is 0 Å². The summed E-state index contributed by atoms with van der Waals surface area (Å²) in [5.74, 6) is 0. The molecule has 0 atom stereocenters. The van der Waals surface area contributed by atoms with Crippen LogP contribution in [0.3, 0.4) is 0 Å². The highest BCUT2D eigenvalue weighted by molar-refractivity contribution is 6.15. The molecule has 0 radical (unpaired) electrons. The van der Waals surface area contributed by atoms with Gasteiger partial charge in [-0.05, 0) is 127 Å². The number of anilines is 3. The summed E-state index contributed by atoms with van der Waals surface area (Å²) in [6.07, 6.45) is 0. The molecule has 1 aromatic heterocycles. The average Bonchev–Trinajstić information content (AvgIpc) is 3.73. The molecule has 2 nitrogen and oxygen atoms in total. The third-order valence-corrected chi connectivity index (χ3v) is 13.7. The Hall–Kier alpha value is -6.90. The molecule has 2 aliphatic heterocycles. The summed E-state index contributed by atoms with van der Waals surface area (Å²) >= 11 is 0. The number of rotatable bonds is 3. The van der Waals surface area contributed by atoms with Crippen molar-refractivity contribution < 1.29 is 0 Å². The highest BCUT2D eigenvalue weighted by atomic mass is 15.2. The lowest BCUT2D eigenvalue weighted by Gasteiger charge is -2.49. The molecule has 0 fully saturated rings. The van der Waals surface area contributed by atoms with Crippen LogP contribution in [0.1, 0.15) is 61.1 Å². The van der Waals surface area contributed by atoms with Crippen LogP contribution in [0, 0.1) is 0 Å². The van der Waals surface area contributed by atoms with Crippen molar-refractivity contribution in [2.24, 2.45) is 0 Å². The van der Waals surface area contributed by atoms with Gasteiger partial charge in [-0.1, -0.05) is 150 Å². The fourth-order valence-corrected chi connectivity index (χ4v) is 10.6. The van der Waals surface area contributed by atoms with E-state index in [4.69, 9.17) is 0 Å². The van der Waals surface area contributed by atoms with Crippen LogP contribution in [0.25, 0.3) is 66.4 Å². The van der Waals surface area contributed by atoms with E-state index in [0.29, 0.717) is 0 Å². The van der Waals surface area contributed by atoms with Gasteiger partial charge in [-0.15, -0.1) is 0 Å². The Morgan fingerprint density at radius 2 is 0.983 bits per heavy atom. The lowest BCUT2D eigenvalue weighted by atomic mass is 9.66. The van der Waals surface area contributed by atoms with Gasteiger partial charge in [-0.2, -0.15) is 0 Å². The largest absolute Gasteiger partial charge is 0.309 e. The van der Waals surface area contributed by atoms with E-state index >= 15 is 0 Å². The van der Waals surface area contributed by atoms with E-state index in [1.165, 1.54) is 106 Å². The predicted octanol–water partition coefficient (Wildman–Crippen LogP) is 14.9. The van der Waals surface area contributed by atoms with Crippen LogP contribution in [-0.4, -0.2) is 4.57 Å². The number of para-hydroxylation sites is 2. The third kappa shape index (κ3) is 4.38. The molecule has 9 aromatic rings. The van der Waals surface area contributed by atoms with Crippen molar-refractivity contribution in [2.75, 3.05) is 4.90 Å². The number of aromatic nitrogens is 1. The van der Waals surface area contributed by atoms with Crippen LogP contribution in [0.5, 0.6) is 0 Å². The van der Waals surface area contributed by atoms with Gasteiger partial charge in [0, 0.05) is 27.3 Å². The zero-order chi connectivity index (χ0) is 39.1. The van der Waals surface area contributed by atoms with Crippen LogP contribution in [0.15, 0.2) is 176 Å². The molecule has 3 aliphatic rings. The number of fused-ring (bicyclic) bond motifs is 10. The van der Waals surface area contributed by atoms with Gasteiger partial charge in [-0.25, -0.2) is 0 Å². The number of nitrogens with zero attached hydrogens (tertiary/aromatic N) is 2. The van der Waals surface area contributed by atoms with Crippen LogP contribution >= 0.6 is 0 Å². The Labute approximate surface area is 340 Å². The fourth-order valence-electron chi connectivity index (χ4n) is 10.6. The van der Waals surface area contributed by atoms with Crippen molar-refractivity contribution in [3.05, 3.63) is 210 Å². The maximum Gasteiger partial charge on any atom is 0.0547 e. The zero-order valence-electron chi connectivity index (χ0n) is 33.3. The second-order valence-electron chi connectivity index (χ2n) is 17.5. The van der Waals surface area contributed by atoms with Gasteiger partial charge in [-0.3, -0.25) is 0 Å². The van der Waals surface area contributed by atoms with E-state index in [2.05, 4.69) is 214 Å². The monoisotopic (exact) mass is 742 g/mol. The zero-order valence-corrected chi connectivity index (χ0v) is 33.3. The first kappa shape index (κ1) is 33.3. The first-order valence-corrected chi connectivity index (χ1v) is 20.5. The molecule has 1 aliphatic carbocycles. The molecule has 0 bridgehead atoms. The van der Waals surface area contributed by atoms with Gasteiger partial charge >= 0.3 is 0 Å². The Balaban J connectivity index is 1.06. The number of hydrogen-bond acceptors (Lipinski definition) is 1. The van der Waals surface area contributed by atoms with E-state index in [1.807, 2.05) is 0 Å². The summed E-state index contributed by atoms with van der Waals surface area (Å²) in [6.45, 7) is 14.1. The van der Waals surface area contributed by atoms with Crippen molar-refractivity contribution in [2.45, 2.75) is 38.5 Å². The topological polar surface area (TPSA) is 8.17 Å². The van der Waals surface area contributed by atoms with Crippen molar-refractivity contribution in [3.8, 4) is 39.1 Å². The molecular weight excluding hydrogens is 701 g/mol. The van der Waals surface area contributed by atoms with Crippen LogP contribution in [-0.2, 0) is 10.8 Å². The predicted molar refractivity (Wildman–Crippen MR) is 244 cm³/mol. The number of hydrogen-bond donors (Lipinski definition) is 0. The molecule has 0 saturated heterocycles. The van der Waals surface area contributed by atoms with Crippen LogP contribution in [0.4, 0.5) is 17.1 Å². The Bertz CT molecular complexity index is 3230. The molecule has 8 aromatic carbocycles. The lowest BCUT2D eigenvalue weighted by Crippen LogP contribution is -2.38. The molecule has 3 heterocycles. The normalized spacial score (nSPS) is 15.2. The molecule has 0 saturated carbocycles. The molecule has 0 spiro atoms. The fraction of sp³-hybridized carbons (Fsp3) is 0.107. The lowest BCUT2D eigenvalue weighted by molar-refractivity contribution is 0.597. The average molecular weight is 743 g/mol. The summed E-state index contributed by atoms with van der Waals surface area (Å²) in [5.41, 5.74) is 23.5. The molecule has 0 N–H and O–H groups in total. The smallest absolute Gasteiger partial charge is 0.0547 e. The molecule has 2 heteroatoms. The second kappa shape index (κ2) is 11.6. The highest BCUT2D eigenvalue weighted by Gasteiger charge is 2.45. The van der Waals surface area contributed by atoms with Gasteiger partial charge in [0.2, 0.25) is 0 Å². The van der Waals surface area contributed by atoms with Crippen LogP contribution < -0.4 is 4.90 Å².